The third-order valence-electron chi connectivity index (χ3n) is 2.15. The van der Waals surface area contributed by atoms with Gasteiger partial charge < -0.3 is 4.98 Å². The Morgan fingerprint density at radius 1 is 1.37 bits per heavy atom. The van der Waals surface area contributed by atoms with Crippen molar-refractivity contribution in [2.45, 2.75) is 22.5 Å². The Kier molecular flexibility index (Phi) is 5.47. The summed E-state index contributed by atoms with van der Waals surface area (Å²) in [5, 5.41) is 8.22. The highest BCUT2D eigenvalue weighted by molar-refractivity contribution is 8.03. The molecule has 7 heteroatoms. The molecule has 2 aromatic rings. The van der Waals surface area contributed by atoms with Crippen LogP contribution in [0.1, 0.15) is 24.3 Å². The molecule has 0 aliphatic carbocycles. The van der Waals surface area contributed by atoms with Gasteiger partial charge in [0.1, 0.15) is 0 Å². The first kappa shape index (κ1) is 14.6. The zero-order valence-corrected chi connectivity index (χ0v) is 13.2. The summed E-state index contributed by atoms with van der Waals surface area (Å²) in [5.41, 5.74) is 0.645. The van der Waals surface area contributed by atoms with E-state index in [4.69, 9.17) is 0 Å². The van der Waals surface area contributed by atoms with E-state index >= 15 is 0 Å². The van der Waals surface area contributed by atoms with Gasteiger partial charge in [0, 0.05) is 11.9 Å². The SMILES string of the molecule is CC(C)CSc1nnc(SCC(=O)c2ccc[nH]2)s1. The maximum atomic E-state index is 11.8. The second kappa shape index (κ2) is 7.12. The number of Topliss-reactive ketones (excluding diaryl/α,β-unsaturated/α-hetero) is 1. The van der Waals surface area contributed by atoms with Crippen molar-refractivity contribution in [3.63, 3.8) is 0 Å². The van der Waals surface area contributed by atoms with Crippen LogP contribution in [-0.4, -0.2) is 32.5 Å². The van der Waals surface area contributed by atoms with Crippen molar-refractivity contribution in [1.82, 2.24) is 15.2 Å². The summed E-state index contributed by atoms with van der Waals surface area (Å²) in [6, 6.07) is 3.61. The summed E-state index contributed by atoms with van der Waals surface area (Å²) in [7, 11) is 0. The number of aromatic nitrogens is 3. The first-order valence-corrected chi connectivity index (χ1v) is 8.69. The van der Waals surface area contributed by atoms with Crippen LogP contribution in [0, 0.1) is 5.92 Å². The van der Waals surface area contributed by atoms with Crippen LogP contribution >= 0.6 is 34.9 Å². The van der Waals surface area contributed by atoms with Gasteiger partial charge in [-0.05, 0) is 18.1 Å². The minimum atomic E-state index is 0.0848. The molecule has 0 atom stereocenters. The monoisotopic (exact) mass is 313 g/mol. The summed E-state index contributed by atoms with van der Waals surface area (Å²) >= 11 is 4.72. The molecule has 0 aliphatic heterocycles. The standard InChI is InChI=1S/C12H15N3OS3/c1-8(2)6-17-11-14-15-12(19-11)18-7-10(16)9-4-3-5-13-9/h3-5,8,13H,6-7H2,1-2H3. The van der Waals surface area contributed by atoms with Crippen LogP contribution in [0.5, 0.6) is 0 Å². The van der Waals surface area contributed by atoms with Gasteiger partial charge in [-0.3, -0.25) is 4.79 Å². The molecule has 1 N–H and O–H groups in total. The summed E-state index contributed by atoms with van der Waals surface area (Å²) < 4.78 is 1.83. The quantitative estimate of drug-likeness (QED) is 0.625. The van der Waals surface area contributed by atoms with Crippen LogP contribution in [0.2, 0.25) is 0 Å². The van der Waals surface area contributed by atoms with Crippen LogP contribution in [-0.2, 0) is 0 Å². The normalized spacial score (nSPS) is 11.1. The highest BCUT2D eigenvalue weighted by atomic mass is 32.2. The predicted octanol–water partition coefficient (Wildman–Crippen LogP) is 3.59. The summed E-state index contributed by atoms with van der Waals surface area (Å²) in [6.45, 7) is 4.36. The van der Waals surface area contributed by atoms with Gasteiger partial charge in [0.05, 0.1) is 11.4 Å². The molecular weight excluding hydrogens is 298 g/mol. The van der Waals surface area contributed by atoms with Crippen LogP contribution in [0.15, 0.2) is 27.0 Å². The Morgan fingerprint density at radius 2 is 2.11 bits per heavy atom. The van der Waals surface area contributed by atoms with E-state index in [1.165, 1.54) is 11.8 Å². The molecular formula is C12H15N3OS3. The summed E-state index contributed by atoms with van der Waals surface area (Å²) in [4.78, 5) is 14.7. The molecule has 0 bridgehead atoms. The first-order valence-electron chi connectivity index (χ1n) is 5.91. The smallest absolute Gasteiger partial charge is 0.189 e. The van der Waals surface area contributed by atoms with Crippen molar-refractivity contribution in [3.05, 3.63) is 24.0 Å². The predicted molar refractivity (Wildman–Crippen MR) is 81.3 cm³/mol. The number of aromatic amines is 1. The van der Waals surface area contributed by atoms with E-state index in [0.29, 0.717) is 17.4 Å². The fraction of sp³-hybridized carbons (Fsp3) is 0.417. The summed E-state index contributed by atoms with van der Waals surface area (Å²) in [5.74, 6) is 2.16. The zero-order chi connectivity index (χ0) is 13.7. The molecule has 0 radical (unpaired) electrons. The fourth-order valence-corrected chi connectivity index (χ4v) is 4.14. The minimum Gasteiger partial charge on any atom is -0.359 e. The topological polar surface area (TPSA) is 58.6 Å². The van der Waals surface area contributed by atoms with Crippen molar-refractivity contribution < 1.29 is 4.79 Å². The number of rotatable bonds is 7. The summed E-state index contributed by atoms with van der Waals surface area (Å²) in [6.07, 6.45) is 1.75. The number of nitrogens with zero attached hydrogens (tertiary/aromatic N) is 2. The molecule has 2 aromatic heterocycles. The van der Waals surface area contributed by atoms with E-state index in [1.54, 1.807) is 35.4 Å². The second-order valence-electron chi connectivity index (χ2n) is 4.33. The average molecular weight is 313 g/mol. The van der Waals surface area contributed by atoms with Gasteiger partial charge in [-0.1, -0.05) is 48.7 Å². The lowest BCUT2D eigenvalue weighted by molar-refractivity contribution is 0.101. The Bertz CT molecular complexity index is 522. The number of H-pyrrole nitrogens is 1. The molecule has 0 aliphatic rings. The van der Waals surface area contributed by atoms with E-state index in [2.05, 4.69) is 29.0 Å². The highest BCUT2D eigenvalue weighted by Crippen LogP contribution is 2.29. The zero-order valence-electron chi connectivity index (χ0n) is 10.8. The fourth-order valence-electron chi connectivity index (χ4n) is 1.26. The molecule has 19 heavy (non-hydrogen) atoms. The molecule has 0 amide bonds. The number of hydrogen-bond acceptors (Lipinski definition) is 6. The van der Waals surface area contributed by atoms with Gasteiger partial charge in [0.2, 0.25) is 0 Å². The van der Waals surface area contributed by atoms with Crippen LogP contribution in [0.4, 0.5) is 0 Å². The molecule has 2 heterocycles. The molecule has 2 rings (SSSR count). The van der Waals surface area contributed by atoms with Crippen molar-refractivity contribution in [1.29, 1.82) is 0 Å². The van der Waals surface area contributed by atoms with Gasteiger partial charge >= 0.3 is 0 Å². The number of hydrogen-bond donors (Lipinski definition) is 1. The Hall–Kier alpha value is -0.790. The lowest BCUT2D eigenvalue weighted by atomic mass is 10.3. The van der Waals surface area contributed by atoms with E-state index in [-0.39, 0.29) is 5.78 Å². The third-order valence-corrected chi connectivity index (χ3v) is 5.77. The van der Waals surface area contributed by atoms with Gasteiger partial charge in [0.15, 0.2) is 14.5 Å². The number of nitrogens with one attached hydrogen (secondary N) is 1. The maximum absolute atomic E-state index is 11.8. The number of carbonyl (C=O) groups excluding carboxylic acids is 1. The highest BCUT2D eigenvalue weighted by Gasteiger charge is 2.11. The minimum absolute atomic E-state index is 0.0848. The Morgan fingerprint density at radius 3 is 2.74 bits per heavy atom. The van der Waals surface area contributed by atoms with Crippen molar-refractivity contribution in [3.8, 4) is 0 Å². The average Bonchev–Trinajstić information content (AvgIpc) is 3.04. The molecule has 0 fully saturated rings. The van der Waals surface area contributed by atoms with E-state index in [0.717, 1.165) is 14.4 Å². The molecule has 0 saturated heterocycles. The molecule has 0 saturated carbocycles. The largest absolute Gasteiger partial charge is 0.359 e. The third kappa shape index (κ3) is 4.67. The number of carbonyl (C=O) groups is 1. The molecule has 4 nitrogen and oxygen atoms in total. The Labute approximate surface area is 124 Å². The van der Waals surface area contributed by atoms with Crippen LogP contribution in [0.3, 0.4) is 0 Å². The molecule has 102 valence electrons. The lowest BCUT2D eigenvalue weighted by Gasteiger charge is -1.99. The van der Waals surface area contributed by atoms with Gasteiger partial charge in [0.25, 0.3) is 0 Å². The van der Waals surface area contributed by atoms with Crippen molar-refractivity contribution in [2.24, 2.45) is 5.92 Å². The van der Waals surface area contributed by atoms with Crippen LogP contribution in [0.25, 0.3) is 0 Å². The van der Waals surface area contributed by atoms with E-state index in [1.807, 2.05) is 6.07 Å². The Balaban J connectivity index is 1.82. The first-order chi connectivity index (χ1) is 9.15. The lowest BCUT2D eigenvalue weighted by Crippen LogP contribution is -2.02. The van der Waals surface area contributed by atoms with Crippen molar-refractivity contribution >= 4 is 40.6 Å². The second-order valence-corrected chi connectivity index (χ2v) is 7.80. The van der Waals surface area contributed by atoms with E-state index < -0.39 is 0 Å². The number of thioether (sulfide) groups is 2. The van der Waals surface area contributed by atoms with Gasteiger partial charge in [-0.15, -0.1) is 10.2 Å². The molecule has 0 unspecified atom stereocenters. The van der Waals surface area contributed by atoms with Gasteiger partial charge in [-0.25, -0.2) is 0 Å². The van der Waals surface area contributed by atoms with Crippen molar-refractivity contribution in [2.75, 3.05) is 11.5 Å². The van der Waals surface area contributed by atoms with Gasteiger partial charge in [-0.2, -0.15) is 0 Å². The molecule has 0 spiro atoms. The van der Waals surface area contributed by atoms with Crippen LogP contribution < -0.4 is 0 Å². The number of ketones is 1. The molecule has 0 aromatic carbocycles. The van der Waals surface area contributed by atoms with E-state index in [9.17, 15) is 4.79 Å². The maximum Gasteiger partial charge on any atom is 0.189 e.